The molecule has 0 spiro atoms. The van der Waals surface area contributed by atoms with Crippen LogP contribution in [0.1, 0.15) is 29.9 Å². The van der Waals surface area contributed by atoms with Gasteiger partial charge in [-0.25, -0.2) is 0 Å². The minimum Gasteiger partial charge on any atom is -0.360 e. The van der Waals surface area contributed by atoms with E-state index in [4.69, 9.17) is 4.52 Å². The highest BCUT2D eigenvalue weighted by atomic mass is 16.5. The van der Waals surface area contributed by atoms with E-state index in [0.717, 1.165) is 37.6 Å². The molecule has 3 rings (SSSR count). The van der Waals surface area contributed by atoms with Gasteiger partial charge in [0.1, 0.15) is 0 Å². The van der Waals surface area contributed by atoms with Gasteiger partial charge >= 0.3 is 0 Å². The Morgan fingerprint density at radius 2 is 2.00 bits per heavy atom. The van der Waals surface area contributed by atoms with Gasteiger partial charge in [0, 0.05) is 18.7 Å². The Labute approximate surface area is 126 Å². The Balaban J connectivity index is 1.40. The van der Waals surface area contributed by atoms with Gasteiger partial charge in [0.15, 0.2) is 5.76 Å². The molecule has 1 aromatic heterocycles. The number of hydrogen-bond acceptors (Lipinski definition) is 4. The minimum absolute atomic E-state index is 0.586. The van der Waals surface area contributed by atoms with Gasteiger partial charge < -0.3 is 9.84 Å². The Morgan fingerprint density at radius 1 is 1.24 bits per heavy atom. The van der Waals surface area contributed by atoms with Crippen LogP contribution in [0.25, 0.3) is 0 Å². The first-order chi connectivity index (χ1) is 10.3. The lowest BCUT2D eigenvalue weighted by Gasteiger charge is -2.32. The molecule has 1 aliphatic heterocycles. The molecule has 2 aromatic rings. The second kappa shape index (κ2) is 6.87. The lowest BCUT2D eigenvalue weighted by Crippen LogP contribution is -2.41. The van der Waals surface area contributed by atoms with Gasteiger partial charge in [0.05, 0.1) is 12.2 Å². The SMILES string of the molecule is Cc1cc(CNC2CCN(Cc3ccccc3)CC2)on1. The fourth-order valence-electron chi connectivity index (χ4n) is 2.88. The number of aromatic nitrogens is 1. The lowest BCUT2D eigenvalue weighted by atomic mass is 10.0. The summed E-state index contributed by atoms with van der Waals surface area (Å²) in [6.45, 7) is 6.11. The molecule has 112 valence electrons. The van der Waals surface area contributed by atoms with Crippen molar-refractivity contribution in [1.29, 1.82) is 0 Å². The van der Waals surface area contributed by atoms with Crippen molar-refractivity contribution in [3.63, 3.8) is 0 Å². The van der Waals surface area contributed by atoms with E-state index in [9.17, 15) is 0 Å². The van der Waals surface area contributed by atoms with Crippen LogP contribution in [0.3, 0.4) is 0 Å². The maximum absolute atomic E-state index is 5.23. The summed E-state index contributed by atoms with van der Waals surface area (Å²) in [5.74, 6) is 0.930. The molecule has 4 nitrogen and oxygen atoms in total. The van der Waals surface area contributed by atoms with Gasteiger partial charge in [0.2, 0.25) is 0 Å². The molecule has 1 N–H and O–H groups in total. The standard InChI is InChI=1S/C17H23N3O/c1-14-11-17(21-19-14)12-18-16-7-9-20(10-8-16)13-15-5-3-2-4-6-15/h2-6,11,16,18H,7-10,12-13H2,1H3. The molecular weight excluding hydrogens is 262 g/mol. The van der Waals surface area contributed by atoms with Gasteiger partial charge in [-0.05, 0) is 38.4 Å². The van der Waals surface area contributed by atoms with Crippen LogP contribution >= 0.6 is 0 Å². The molecular formula is C17H23N3O. The van der Waals surface area contributed by atoms with E-state index < -0.39 is 0 Å². The second-order valence-electron chi connectivity index (χ2n) is 5.85. The van der Waals surface area contributed by atoms with Gasteiger partial charge in [-0.3, -0.25) is 4.90 Å². The maximum Gasteiger partial charge on any atom is 0.150 e. The molecule has 0 unspecified atom stereocenters. The average molecular weight is 285 g/mol. The highest BCUT2D eigenvalue weighted by molar-refractivity contribution is 5.14. The predicted octanol–water partition coefficient (Wildman–Crippen LogP) is 2.74. The van der Waals surface area contributed by atoms with Crippen molar-refractivity contribution in [1.82, 2.24) is 15.4 Å². The zero-order chi connectivity index (χ0) is 14.5. The van der Waals surface area contributed by atoms with Crippen LogP contribution in [0, 0.1) is 6.92 Å². The molecule has 1 aromatic carbocycles. The average Bonchev–Trinajstić information content (AvgIpc) is 2.93. The Hall–Kier alpha value is -1.65. The van der Waals surface area contributed by atoms with Crippen LogP contribution in [0.5, 0.6) is 0 Å². The van der Waals surface area contributed by atoms with Crippen molar-refractivity contribution in [3.05, 3.63) is 53.4 Å². The van der Waals surface area contributed by atoms with E-state index >= 15 is 0 Å². The number of nitrogens with one attached hydrogen (secondary N) is 1. The van der Waals surface area contributed by atoms with Crippen LogP contribution in [0.2, 0.25) is 0 Å². The number of aryl methyl sites for hydroxylation is 1. The summed E-state index contributed by atoms with van der Waals surface area (Å²) in [4.78, 5) is 2.53. The number of rotatable bonds is 5. The van der Waals surface area contributed by atoms with Crippen molar-refractivity contribution in [3.8, 4) is 0 Å². The lowest BCUT2D eigenvalue weighted by molar-refractivity contribution is 0.188. The number of piperidine rings is 1. The van der Waals surface area contributed by atoms with Gasteiger partial charge in [-0.1, -0.05) is 35.5 Å². The van der Waals surface area contributed by atoms with Crippen molar-refractivity contribution in [2.45, 2.75) is 38.9 Å². The molecule has 0 aliphatic carbocycles. The van der Waals surface area contributed by atoms with Gasteiger partial charge in [-0.15, -0.1) is 0 Å². The molecule has 4 heteroatoms. The zero-order valence-corrected chi connectivity index (χ0v) is 12.6. The topological polar surface area (TPSA) is 41.3 Å². The fourth-order valence-corrected chi connectivity index (χ4v) is 2.88. The monoisotopic (exact) mass is 285 g/mol. The van der Waals surface area contributed by atoms with Crippen molar-refractivity contribution < 1.29 is 4.52 Å². The summed E-state index contributed by atoms with van der Waals surface area (Å²) >= 11 is 0. The van der Waals surface area contributed by atoms with Crippen LogP contribution in [-0.4, -0.2) is 29.2 Å². The number of nitrogens with zero attached hydrogens (tertiary/aromatic N) is 2. The molecule has 2 heterocycles. The summed E-state index contributed by atoms with van der Waals surface area (Å²) in [6.07, 6.45) is 2.39. The third-order valence-electron chi connectivity index (χ3n) is 4.08. The van der Waals surface area contributed by atoms with E-state index in [0.29, 0.717) is 6.04 Å². The van der Waals surface area contributed by atoms with Crippen LogP contribution in [0.15, 0.2) is 40.9 Å². The van der Waals surface area contributed by atoms with E-state index in [1.807, 2.05) is 13.0 Å². The van der Waals surface area contributed by atoms with E-state index in [2.05, 4.69) is 45.7 Å². The van der Waals surface area contributed by atoms with Crippen molar-refractivity contribution >= 4 is 0 Å². The number of hydrogen-bond donors (Lipinski definition) is 1. The van der Waals surface area contributed by atoms with Crippen molar-refractivity contribution in [2.24, 2.45) is 0 Å². The van der Waals surface area contributed by atoms with E-state index in [1.54, 1.807) is 0 Å². The summed E-state index contributed by atoms with van der Waals surface area (Å²) in [5, 5.41) is 7.49. The Morgan fingerprint density at radius 3 is 2.67 bits per heavy atom. The van der Waals surface area contributed by atoms with Crippen LogP contribution < -0.4 is 5.32 Å². The Kier molecular flexibility index (Phi) is 4.68. The molecule has 21 heavy (non-hydrogen) atoms. The molecule has 0 saturated carbocycles. The predicted molar refractivity (Wildman–Crippen MR) is 82.8 cm³/mol. The van der Waals surface area contributed by atoms with E-state index in [-0.39, 0.29) is 0 Å². The van der Waals surface area contributed by atoms with Crippen molar-refractivity contribution in [2.75, 3.05) is 13.1 Å². The molecule has 0 amide bonds. The first-order valence-electron chi connectivity index (χ1n) is 7.71. The molecule has 1 saturated heterocycles. The quantitative estimate of drug-likeness (QED) is 0.917. The largest absolute Gasteiger partial charge is 0.360 e. The zero-order valence-electron chi connectivity index (χ0n) is 12.6. The molecule has 1 aliphatic rings. The normalized spacial score (nSPS) is 17.2. The smallest absolute Gasteiger partial charge is 0.150 e. The maximum atomic E-state index is 5.23. The highest BCUT2D eigenvalue weighted by Gasteiger charge is 2.19. The van der Waals surface area contributed by atoms with Crippen LogP contribution in [-0.2, 0) is 13.1 Å². The summed E-state index contributed by atoms with van der Waals surface area (Å²) in [6, 6.07) is 13.3. The summed E-state index contributed by atoms with van der Waals surface area (Å²) < 4.78 is 5.23. The molecule has 1 fully saturated rings. The molecule has 0 radical (unpaired) electrons. The first-order valence-corrected chi connectivity index (χ1v) is 7.71. The third-order valence-corrected chi connectivity index (χ3v) is 4.08. The Bertz CT molecular complexity index is 544. The summed E-state index contributed by atoms with van der Waals surface area (Å²) in [7, 11) is 0. The summed E-state index contributed by atoms with van der Waals surface area (Å²) in [5.41, 5.74) is 2.35. The highest BCUT2D eigenvalue weighted by Crippen LogP contribution is 2.14. The van der Waals surface area contributed by atoms with Crippen LogP contribution in [0.4, 0.5) is 0 Å². The first kappa shape index (κ1) is 14.3. The fraction of sp³-hybridized carbons (Fsp3) is 0.471. The second-order valence-corrected chi connectivity index (χ2v) is 5.85. The molecule has 0 atom stereocenters. The number of benzene rings is 1. The van der Waals surface area contributed by atoms with E-state index in [1.165, 1.54) is 18.4 Å². The van der Waals surface area contributed by atoms with Gasteiger partial charge in [0.25, 0.3) is 0 Å². The minimum atomic E-state index is 0.586. The molecule has 0 bridgehead atoms. The third kappa shape index (κ3) is 4.16. The number of likely N-dealkylation sites (tertiary alicyclic amines) is 1. The van der Waals surface area contributed by atoms with Gasteiger partial charge in [-0.2, -0.15) is 0 Å².